The lowest BCUT2D eigenvalue weighted by atomic mass is 10.0. The van der Waals surface area contributed by atoms with Crippen molar-refractivity contribution in [1.29, 1.82) is 0 Å². The fourth-order valence-electron chi connectivity index (χ4n) is 0.896. The predicted molar refractivity (Wildman–Crippen MR) is 52.5 cm³/mol. The van der Waals surface area contributed by atoms with Crippen LogP contribution in [0.2, 0.25) is 0 Å². The van der Waals surface area contributed by atoms with Crippen molar-refractivity contribution in [3.8, 4) is 0 Å². The quantitative estimate of drug-likeness (QED) is 0.425. The number of hydrogen-bond acceptors (Lipinski definition) is 0. The molecule has 1 atom stereocenters. The van der Waals surface area contributed by atoms with E-state index in [0.29, 0.717) is 5.92 Å². The molecule has 0 radical (unpaired) electrons. The zero-order chi connectivity index (χ0) is 8.85. The maximum Gasteiger partial charge on any atom is -0.00762 e. The van der Waals surface area contributed by atoms with E-state index in [9.17, 15) is 0 Å². The summed E-state index contributed by atoms with van der Waals surface area (Å²) in [5.41, 5.74) is 2.44. The minimum Gasteiger partial charge on any atom is -0.0959 e. The molecule has 1 unspecified atom stereocenters. The van der Waals surface area contributed by atoms with Crippen LogP contribution >= 0.6 is 0 Å². The molecule has 0 saturated carbocycles. The third kappa shape index (κ3) is 4.60. The predicted octanol–water partition coefficient (Wildman–Crippen LogP) is 3.72. The lowest BCUT2D eigenvalue weighted by Gasteiger charge is -2.02. The fourth-order valence-corrected chi connectivity index (χ4v) is 0.896. The summed E-state index contributed by atoms with van der Waals surface area (Å²) in [5.74, 6) is 0.525. The summed E-state index contributed by atoms with van der Waals surface area (Å²) < 4.78 is 0. The summed E-state index contributed by atoms with van der Waals surface area (Å²) >= 11 is 0. The van der Waals surface area contributed by atoms with E-state index in [1.807, 2.05) is 13.8 Å². The van der Waals surface area contributed by atoms with Crippen LogP contribution in [0.4, 0.5) is 0 Å². The second kappa shape index (κ2) is 4.95. The van der Waals surface area contributed by atoms with Crippen LogP contribution < -0.4 is 0 Å². The Labute approximate surface area is 70.3 Å². The summed E-state index contributed by atoms with van der Waals surface area (Å²) in [6.07, 6.45) is 6.47. The highest BCUT2D eigenvalue weighted by Gasteiger charge is 1.93. The Balaban J connectivity index is 4.18. The third-order valence-corrected chi connectivity index (χ3v) is 1.68. The molecule has 0 bridgehead atoms. The summed E-state index contributed by atoms with van der Waals surface area (Å²) in [5, 5.41) is 0. The Bertz CT molecular complexity index is 182. The Kier molecular flexibility index (Phi) is 4.60. The molecular formula is C11H18. The van der Waals surface area contributed by atoms with Gasteiger partial charge in [0, 0.05) is 0 Å². The molecule has 0 heteroatoms. The first-order valence-electron chi connectivity index (χ1n) is 4.05. The van der Waals surface area contributed by atoms with Gasteiger partial charge in [0.2, 0.25) is 0 Å². The SMILES string of the molecule is C=C(C)/C(C)=C/C(C)/C=C/C. The van der Waals surface area contributed by atoms with E-state index in [1.54, 1.807) is 0 Å². The summed E-state index contributed by atoms with van der Waals surface area (Å²) in [4.78, 5) is 0. The van der Waals surface area contributed by atoms with Crippen LogP contribution in [0, 0.1) is 5.92 Å². The highest BCUT2D eigenvalue weighted by Crippen LogP contribution is 2.10. The van der Waals surface area contributed by atoms with Crippen molar-refractivity contribution in [3.63, 3.8) is 0 Å². The molecule has 0 fully saturated rings. The van der Waals surface area contributed by atoms with Crippen LogP contribution in [0.3, 0.4) is 0 Å². The van der Waals surface area contributed by atoms with Gasteiger partial charge in [0.05, 0.1) is 0 Å². The van der Waals surface area contributed by atoms with Crippen LogP contribution in [0.5, 0.6) is 0 Å². The number of allylic oxidation sites excluding steroid dienone is 5. The van der Waals surface area contributed by atoms with Gasteiger partial charge in [0.1, 0.15) is 0 Å². The molecule has 11 heavy (non-hydrogen) atoms. The molecule has 0 aliphatic rings. The van der Waals surface area contributed by atoms with E-state index in [1.165, 1.54) is 5.57 Å². The zero-order valence-electron chi connectivity index (χ0n) is 8.02. The van der Waals surface area contributed by atoms with E-state index >= 15 is 0 Å². The molecule has 0 aliphatic carbocycles. The Hall–Kier alpha value is -0.780. The van der Waals surface area contributed by atoms with Crippen molar-refractivity contribution >= 4 is 0 Å². The standard InChI is InChI=1S/C11H18/c1-6-7-10(4)8-11(5)9(2)3/h6-8,10H,2H2,1,3-5H3/b7-6+,11-8+. The molecule has 0 heterocycles. The molecule has 0 nitrogen and oxygen atoms in total. The first-order valence-corrected chi connectivity index (χ1v) is 4.05. The largest absolute Gasteiger partial charge is 0.0959 e. The smallest absolute Gasteiger partial charge is 0.00762 e. The Morgan fingerprint density at radius 2 is 1.91 bits per heavy atom. The maximum atomic E-state index is 3.88. The van der Waals surface area contributed by atoms with E-state index in [2.05, 4.69) is 38.7 Å². The van der Waals surface area contributed by atoms with Crippen molar-refractivity contribution in [1.82, 2.24) is 0 Å². The average Bonchev–Trinajstić information content (AvgIpc) is 1.87. The van der Waals surface area contributed by atoms with Crippen molar-refractivity contribution in [2.75, 3.05) is 0 Å². The maximum absolute atomic E-state index is 3.88. The number of rotatable bonds is 3. The molecule has 0 aromatic heterocycles. The lowest BCUT2D eigenvalue weighted by Crippen LogP contribution is -1.85. The van der Waals surface area contributed by atoms with Gasteiger partial charge in [0.25, 0.3) is 0 Å². The highest BCUT2D eigenvalue weighted by atomic mass is 14.0. The lowest BCUT2D eigenvalue weighted by molar-refractivity contribution is 0.924. The Morgan fingerprint density at radius 1 is 1.36 bits per heavy atom. The van der Waals surface area contributed by atoms with Gasteiger partial charge in [-0.2, -0.15) is 0 Å². The van der Waals surface area contributed by atoms with Gasteiger partial charge < -0.3 is 0 Å². The molecule has 0 aromatic rings. The molecule has 0 saturated heterocycles. The van der Waals surface area contributed by atoms with Gasteiger partial charge in [0.15, 0.2) is 0 Å². The molecule has 0 rings (SSSR count). The molecule has 0 aromatic carbocycles. The molecule has 0 aliphatic heterocycles. The van der Waals surface area contributed by atoms with Gasteiger partial charge in [-0.1, -0.05) is 42.9 Å². The van der Waals surface area contributed by atoms with Crippen molar-refractivity contribution in [3.05, 3.63) is 36.0 Å². The van der Waals surface area contributed by atoms with Crippen LogP contribution in [-0.4, -0.2) is 0 Å². The minimum absolute atomic E-state index is 0.525. The van der Waals surface area contributed by atoms with E-state index < -0.39 is 0 Å². The molecule has 0 N–H and O–H groups in total. The van der Waals surface area contributed by atoms with E-state index in [4.69, 9.17) is 0 Å². The van der Waals surface area contributed by atoms with Gasteiger partial charge in [-0.3, -0.25) is 0 Å². The zero-order valence-corrected chi connectivity index (χ0v) is 8.02. The van der Waals surface area contributed by atoms with Crippen molar-refractivity contribution in [2.24, 2.45) is 5.92 Å². The van der Waals surface area contributed by atoms with Crippen molar-refractivity contribution < 1.29 is 0 Å². The van der Waals surface area contributed by atoms with Crippen molar-refractivity contribution in [2.45, 2.75) is 27.7 Å². The van der Waals surface area contributed by atoms with E-state index in [-0.39, 0.29) is 0 Å². The fraction of sp³-hybridized carbons (Fsp3) is 0.455. The third-order valence-electron chi connectivity index (χ3n) is 1.68. The summed E-state index contributed by atoms with van der Waals surface area (Å²) in [6.45, 7) is 12.2. The van der Waals surface area contributed by atoms with Gasteiger partial charge in [-0.15, -0.1) is 0 Å². The van der Waals surface area contributed by atoms with Crippen LogP contribution in [0.25, 0.3) is 0 Å². The minimum atomic E-state index is 0.525. The monoisotopic (exact) mass is 150 g/mol. The number of hydrogen-bond donors (Lipinski definition) is 0. The van der Waals surface area contributed by atoms with Gasteiger partial charge in [-0.25, -0.2) is 0 Å². The van der Waals surface area contributed by atoms with Crippen LogP contribution in [-0.2, 0) is 0 Å². The highest BCUT2D eigenvalue weighted by molar-refractivity contribution is 5.25. The normalized spacial score (nSPS) is 15.5. The van der Waals surface area contributed by atoms with Gasteiger partial charge >= 0.3 is 0 Å². The Morgan fingerprint density at radius 3 is 2.27 bits per heavy atom. The van der Waals surface area contributed by atoms with Crippen LogP contribution in [0.15, 0.2) is 36.0 Å². The molecule has 0 spiro atoms. The topological polar surface area (TPSA) is 0 Å². The first kappa shape index (κ1) is 10.2. The van der Waals surface area contributed by atoms with Gasteiger partial charge in [-0.05, 0) is 26.7 Å². The molecule has 62 valence electrons. The first-order chi connectivity index (χ1) is 5.07. The van der Waals surface area contributed by atoms with E-state index in [0.717, 1.165) is 5.57 Å². The summed E-state index contributed by atoms with van der Waals surface area (Å²) in [6, 6.07) is 0. The average molecular weight is 150 g/mol. The second-order valence-corrected chi connectivity index (χ2v) is 3.01. The molecule has 0 amide bonds. The second-order valence-electron chi connectivity index (χ2n) is 3.01. The van der Waals surface area contributed by atoms with Crippen LogP contribution in [0.1, 0.15) is 27.7 Å². The molecular weight excluding hydrogens is 132 g/mol. The summed E-state index contributed by atoms with van der Waals surface area (Å²) in [7, 11) is 0.